The van der Waals surface area contributed by atoms with Crippen LogP contribution in [0.3, 0.4) is 0 Å². The van der Waals surface area contributed by atoms with Crippen LogP contribution in [0.15, 0.2) is 33.9 Å². The maximum Gasteiger partial charge on any atom is 0.277 e. The fraction of sp³-hybridized carbons (Fsp3) is 0.400. The lowest BCUT2D eigenvalue weighted by molar-refractivity contribution is -0.129. The normalized spacial score (nSPS) is 18.2. The third-order valence-corrected chi connectivity index (χ3v) is 4.59. The van der Waals surface area contributed by atoms with Gasteiger partial charge in [0.25, 0.3) is 5.22 Å². The first-order chi connectivity index (χ1) is 11.1. The number of hydrogen-bond donors (Lipinski definition) is 1. The Morgan fingerprint density at radius 1 is 1.43 bits per heavy atom. The Morgan fingerprint density at radius 2 is 2.22 bits per heavy atom. The number of nitrogens with zero attached hydrogens (tertiary/aromatic N) is 3. The molecule has 2 heterocycles. The van der Waals surface area contributed by atoms with Crippen LogP contribution in [-0.4, -0.2) is 52.4 Å². The van der Waals surface area contributed by atoms with Gasteiger partial charge in [0.15, 0.2) is 0 Å². The first-order valence-corrected chi connectivity index (χ1v) is 8.71. The number of carbonyl (C=O) groups excluding carboxylic acids is 1. The Hall–Kier alpha value is -1.57. The van der Waals surface area contributed by atoms with Gasteiger partial charge in [0.05, 0.1) is 5.75 Å². The minimum absolute atomic E-state index is 0.0922. The average Bonchev–Trinajstić information content (AvgIpc) is 3.02. The zero-order valence-corrected chi connectivity index (χ0v) is 14.2. The van der Waals surface area contributed by atoms with Crippen LogP contribution >= 0.6 is 23.4 Å². The molecule has 2 aromatic rings. The molecule has 0 spiro atoms. The predicted molar refractivity (Wildman–Crippen MR) is 89.5 cm³/mol. The van der Waals surface area contributed by atoms with Crippen LogP contribution in [0.4, 0.5) is 0 Å². The molecular weight excluding hydrogens is 336 g/mol. The lowest BCUT2D eigenvalue weighted by atomic mass is 10.2. The molecule has 0 unspecified atom stereocenters. The van der Waals surface area contributed by atoms with E-state index < -0.39 is 0 Å². The maximum atomic E-state index is 12.2. The minimum Gasteiger partial charge on any atom is -0.411 e. The number of aromatic nitrogens is 2. The van der Waals surface area contributed by atoms with Crippen LogP contribution in [0.25, 0.3) is 11.5 Å². The van der Waals surface area contributed by atoms with Crippen molar-refractivity contribution >= 4 is 29.3 Å². The van der Waals surface area contributed by atoms with Crippen LogP contribution < -0.4 is 5.32 Å². The van der Waals surface area contributed by atoms with Gasteiger partial charge in [-0.1, -0.05) is 23.4 Å². The molecule has 3 rings (SSSR count). The lowest BCUT2D eigenvalue weighted by Gasteiger charge is -2.31. The van der Waals surface area contributed by atoms with E-state index in [9.17, 15) is 4.79 Å². The standard InChI is InChI=1S/C15H17ClN4O2S/c1-10-8-20(7-6-17-10)13(21)9-23-15-19-18-14(22-15)11-2-4-12(16)5-3-11/h2-5,10,17H,6-9H2,1H3/t10-/m1/s1. The molecule has 1 aromatic heterocycles. The molecule has 23 heavy (non-hydrogen) atoms. The highest BCUT2D eigenvalue weighted by atomic mass is 35.5. The molecule has 1 N–H and O–H groups in total. The largest absolute Gasteiger partial charge is 0.411 e. The molecule has 1 aromatic carbocycles. The highest BCUT2D eigenvalue weighted by Gasteiger charge is 2.21. The van der Waals surface area contributed by atoms with Gasteiger partial charge in [-0.25, -0.2) is 0 Å². The van der Waals surface area contributed by atoms with Crippen molar-refractivity contribution in [1.82, 2.24) is 20.4 Å². The predicted octanol–water partition coefficient (Wildman–Crippen LogP) is 2.30. The lowest BCUT2D eigenvalue weighted by Crippen LogP contribution is -2.51. The van der Waals surface area contributed by atoms with Crippen molar-refractivity contribution in [3.8, 4) is 11.5 Å². The SMILES string of the molecule is C[C@@H]1CN(C(=O)CSc2nnc(-c3ccc(Cl)cc3)o2)CCN1. The minimum atomic E-state index is 0.0922. The summed E-state index contributed by atoms with van der Waals surface area (Å²) in [6.07, 6.45) is 0. The van der Waals surface area contributed by atoms with Crippen molar-refractivity contribution in [3.63, 3.8) is 0 Å². The number of piperazine rings is 1. The van der Waals surface area contributed by atoms with Crippen molar-refractivity contribution in [1.29, 1.82) is 0 Å². The summed E-state index contributed by atoms with van der Waals surface area (Å²) in [6, 6.07) is 7.50. The summed E-state index contributed by atoms with van der Waals surface area (Å²) in [5, 5.41) is 12.3. The maximum absolute atomic E-state index is 12.2. The van der Waals surface area contributed by atoms with E-state index in [-0.39, 0.29) is 5.91 Å². The second-order valence-electron chi connectivity index (χ2n) is 5.36. The first-order valence-electron chi connectivity index (χ1n) is 7.35. The van der Waals surface area contributed by atoms with Crippen molar-refractivity contribution in [2.45, 2.75) is 18.2 Å². The van der Waals surface area contributed by atoms with Gasteiger partial charge in [0.2, 0.25) is 11.8 Å². The summed E-state index contributed by atoms with van der Waals surface area (Å²) in [4.78, 5) is 14.1. The second-order valence-corrected chi connectivity index (χ2v) is 6.73. The third-order valence-electron chi connectivity index (χ3n) is 3.54. The van der Waals surface area contributed by atoms with Crippen molar-refractivity contribution < 1.29 is 9.21 Å². The van der Waals surface area contributed by atoms with E-state index in [1.54, 1.807) is 12.1 Å². The zero-order chi connectivity index (χ0) is 16.2. The van der Waals surface area contributed by atoms with E-state index >= 15 is 0 Å². The van der Waals surface area contributed by atoms with Gasteiger partial charge in [-0.2, -0.15) is 0 Å². The summed E-state index contributed by atoms with van der Waals surface area (Å²) < 4.78 is 5.58. The quantitative estimate of drug-likeness (QED) is 0.851. The number of thioether (sulfide) groups is 1. The van der Waals surface area contributed by atoms with Gasteiger partial charge < -0.3 is 14.6 Å². The number of amides is 1. The molecule has 0 bridgehead atoms. The molecule has 1 aliphatic rings. The summed E-state index contributed by atoms with van der Waals surface area (Å²) in [6.45, 7) is 4.38. The summed E-state index contributed by atoms with van der Waals surface area (Å²) in [5.74, 6) is 0.816. The molecule has 6 nitrogen and oxygen atoms in total. The Morgan fingerprint density at radius 3 is 2.96 bits per heavy atom. The van der Waals surface area contributed by atoms with E-state index in [1.165, 1.54) is 11.8 Å². The van der Waals surface area contributed by atoms with Crippen LogP contribution in [-0.2, 0) is 4.79 Å². The van der Waals surface area contributed by atoms with Gasteiger partial charge in [-0.15, -0.1) is 10.2 Å². The van der Waals surface area contributed by atoms with Gasteiger partial charge >= 0.3 is 0 Å². The van der Waals surface area contributed by atoms with E-state index in [4.69, 9.17) is 16.0 Å². The molecule has 0 aliphatic carbocycles. The van der Waals surface area contributed by atoms with Crippen LogP contribution in [0, 0.1) is 0 Å². The monoisotopic (exact) mass is 352 g/mol. The zero-order valence-electron chi connectivity index (χ0n) is 12.7. The molecule has 1 atom stereocenters. The second kappa shape index (κ2) is 7.33. The van der Waals surface area contributed by atoms with Gasteiger partial charge in [0.1, 0.15) is 0 Å². The van der Waals surface area contributed by atoms with Gasteiger partial charge in [-0.3, -0.25) is 4.79 Å². The fourth-order valence-corrected chi connectivity index (χ4v) is 3.14. The Bertz CT molecular complexity index is 676. The number of halogens is 1. The number of hydrogen-bond acceptors (Lipinski definition) is 6. The molecule has 1 aliphatic heterocycles. The van der Waals surface area contributed by atoms with Crippen LogP contribution in [0.5, 0.6) is 0 Å². The van der Waals surface area contributed by atoms with Gasteiger partial charge in [0, 0.05) is 36.3 Å². The molecule has 0 radical (unpaired) electrons. The highest BCUT2D eigenvalue weighted by molar-refractivity contribution is 7.99. The number of carbonyl (C=O) groups is 1. The number of rotatable bonds is 4. The molecule has 1 saturated heterocycles. The topological polar surface area (TPSA) is 71.3 Å². The summed E-state index contributed by atoms with van der Waals surface area (Å²) in [5.41, 5.74) is 0.802. The first kappa shape index (κ1) is 16.3. The summed E-state index contributed by atoms with van der Waals surface area (Å²) >= 11 is 7.12. The van der Waals surface area contributed by atoms with Crippen LogP contribution in [0.2, 0.25) is 5.02 Å². The Labute approximate surface area is 143 Å². The van der Waals surface area contributed by atoms with E-state index in [0.29, 0.717) is 27.9 Å². The average molecular weight is 353 g/mol. The van der Waals surface area contributed by atoms with E-state index in [0.717, 1.165) is 25.2 Å². The fourth-order valence-electron chi connectivity index (χ4n) is 2.35. The molecule has 1 fully saturated rings. The smallest absolute Gasteiger partial charge is 0.277 e. The number of benzene rings is 1. The molecule has 8 heteroatoms. The Balaban J connectivity index is 1.56. The van der Waals surface area contributed by atoms with E-state index in [2.05, 4.69) is 22.4 Å². The third kappa shape index (κ3) is 4.25. The molecule has 0 saturated carbocycles. The van der Waals surface area contributed by atoms with Crippen molar-refractivity contribution in [2.75, 3.05) is 25.4 Å². The molecule has 1 amide bonds. The van der Waals surface area contributed by atoms with Crippen molar-refractivity contribution in [2.24, 2.45) is 0 Å². The van der Waals surface area contributed by atoms with Crippen molar-refractivity contribution in [3.05, 3.63) is 29.3 Å². The molecule has 122 valence electrons. The number of nitrogens with one attached hydrogen (secondary N) is 1. The van der Waals surface area contributed by atoms with Gasteiger partial charge in [-0.05, 0) is 31.2 Å². The van der Waals surface area contributed by atoms with Crippen LogP contribution in [0.1, 0.15) is 6.92 Å². The Kier molecular flexibility index (Phi) is 5.20. The van der Waals surface area contributed by atoms with E-state index in [1.807, 2.05) is 17.0 Å². The molecular formula is C15H17ClN4O2S. The summed E-state index contributed by atoms with van der Waals surface area (Å²) in [7, 11) is 0. The highest BCUT2D eigenvalue weighted by Crippen LogP contribution is 2.24.